The van der Waals surface area contributed by atoms with Gasteiger partial charge in [-0.05, 0) is 54.3 Å². The Morgan fingerprint density at radius 1 is 1.06 bits per heavy atom. The zero-order valence-electron chi connectivity index (χ0n) is 18.5. The number of aromatic amines is 1. The highest BCUT2D eigenvalue weighted by atomic mass is 35.5. The minimum atomic E-state index is -0.0964. The molecular formula is C26H26ClN5O. The smallest absolute Gasteiger partial charge is 0.221 e. The van der Waals surface area contributed by atoms with Gasteiger partial charge in [-0.1, -0.05) is 43.0 Å². The number of benzene rings is 1. The molecule has 7 heteroatoms. The molecule has 1 aromatic carbocycles. The summed E-state index contributed by atoms with van der Waals surface area (Å²) in [7, 11) is 0. The average molecular weight is 460 g/mol. The van der Waals surface area contributed by atoms with Gasteiger partial charge in [0.1, 0.15) is 16.6 Å². The first-order valence-electron chi connectivity index (χ1n) is 11.3. The molecule has 0 aliphatic heterocycles. The number of fused-ring (bicyclic) bond motifs is 1. The van der Waals surface area contributed by atoms with Gasteiger partial charge in [0, 0.05) is 47.6 Å². The molecule has 0 unspecified atom stereocenters. The van der Waals surface area contributed by atoms with E-state index in [4.69, 9.17) is 11.6 Å². The highest BCUT2D eigenvalue weighted by molar-refractivity contribution is 6.29. The van der Waals surface area contributed by atoms with E-state index in [1.807, 2.05) is 42.7 Å². The number of H-pyrrole nitrogens is 1. The fourth-order valence-electron chi connectivity index (χ4n) is 4.56. The second-order valence-corrected chi connectivity index (χ2v) is 9.01. The quantitative estimate of drug-likeness (QED) is 0.292. The maximum Gasteiger partial charge on any atom is 0.221 e. The largest absolute Gasteiger partial charge is 0.367 e. The van der Waals surface area contributed by atoms with Crippen LogP contribution in [0.1, 0.15) is 39.0 Å². The highest BCUT2D eigenvalue weighted by Gasteiger charge is 2.16. The highest BCUT2D eigenvalue weighted by Crippen LogP contribution is 2.34. The molecule has 1 fully saturated rings. The van der Waals surface area contributed by atoms with Crippen molar-refractivity contribution in [2.75, 3.05) is 10.6 Å². The molecule has 3 aromatic heterocycles. The van der Waals surface area contributed by atoms with E-state index in [1.165, 1.54) is 39.0 Å². The van der Waals surface area contributed by atoms with Crippen molar-refractivity contribution in [3.8, 4) is 22.3 Å². The maximum absolute atomic E-state index is 11.4. The fourth-order valence-corrected chi connectivity index (χ4v) is 4.77. The third-order valence-electron chi connectivity index (χ3n) is 6.11. The summed E-state index contributed by atoms with van der Waals surface area (Å²) in [4.78, 5) is 23.8. The van der Waals surface area contributed by atoms with Crippen LogP contribution in [0, 0.1) is 0 Å². The number of nitrogens with zero attached hydrogens (tertiary/aromatic N) is 2. The Hall–Kier alpha value is -3.38. The van der Waals surface area contributed by atoms with E-state index in [-0.39, 0.29) is 5.91 Å². The van der Waals surface area contributed by atoms with Crippen molar-refractivity contribution in [3.63, 3.8) is 0 Å². The second kappa shape index (κ2) is 9.24. The van der Waals surface area contributed by atoms with Gasteiger partial charge in [-0.3, -0.25) is 4.79 Å². The van der Waals surface area contributed by atoms with Crippen LogP contribution in [0.5, 0.6) is 0 Å². The van der Waals surface area contributed by atoms with Gasteiger partial charge in [-0.2, -0.15) is 0 Å². The van der Waals surface area contributed by atoms with Crippen molar-refractivity contribution in [1.82, 2.24) is 15.0 Å². The van der Waals surface area contributed by atoms with Crippen molar-refractivity contribution in [1.29, 1.82) is 0 Å². The monoisotopic (exact) mass is 459 g/mol. The Labute approximate surface area is 197 Å². The van der Waals surface area contributed by atoms with Gasteiger partial charge in [-0.25, -0.2) is 9.97 Å². The number of rotatable bonds is 5. The second-order valence-electron chi connectivity index (χ2n) is 8.63. The van der Waals surface area contributed by atoms with Gasteiger partial charge in [-0.15, -0.1) is 0 Å². The van der Waals surface area contributed by atoms with Crippen molar-refractivity contribution in [3.05, 3.63) is 60.0 Å². The number of pyridine rings is 2. The molecule has 168 valence electrons. The summed E-state index contributed by atoms with van der Waals surface area (Å²) in [5.41, 5.74) is 5.53. The lowest BCUT2D eigenvalue weighted by molar-refractivity contribution is -0.114. The zero-order chi connectivity index (χ0) is 22.8. The Morgan fingerprint density at radius 3 is 2.73 bits per heavy atom. The van der Waals surface area contributed by atoms with Crippen molar-refractivity contribution in [2.24, 2.45) is 0 Å². The van der Waals surface area contributed by atoms with Crippen molar-refractivity contribution >= 4 is 40.0 Å². The number of amides is 1. The van der Waals surface area contributed by atoms with Crippen LogP contribution < -0.4 is 10.6 Å². The number of carbonyl (C=O) groups excluding carboxylic acids is 1. The molecule has 1 aliphatic carbocycles. The zero-order valence-corrected chi connectivity index (χ0v) is 19.2. The van der Waals surface area contributed by atoms with Crippen molar-refractivity contribution < 1.29 is 4.79 Å². The molecule has 0 spiro atoms. The number of nitrogens with one attached hydrogen (secondary N) is 3. The number of hydrogen-bond donors (Lipinski definition) is 3. The van der Waals surface area contributed by atoms with Crippen LogP contribution >= 0.6 is 11.6 Å². The first kappa shape index (κ1) is 21.5. The molecule has 3 N–H and O–H groups in total. The minimum absolute atomic E-state index is 0.0964. The molecule has 6 nitrogen and oxygen atoms in total. The normalized spacial score (nSPS) is 14.4. The minimum Gasteiger partial charge on any atom is -0.367 e. The van der Waals surface area contributed by atoms with Crippen LogP contribution in [0.25, 0.3) is 33.3 Å². The fraction of sp³-hybridized carbons (Fsp3) is 0.269. The van der Waals surface area contributed by atoms with E-state index in [2.05, 4.69) is 37.7 Å². The van der Waals surface area contributed by atoms with Gasteiger partial charge in [0.15, 0.2) is 0 Å². The molecule has 0 atom stereocenters. The van der Waals surface area contributed by atoms with Crippen LogP contribution in [-0.2, 0) is 4.79 Å². The van der Waals surface area contributed by atoms with Gasteiger partial charge < -0.3 is 15.6 Å². The van der Waals surface area contributed by atoms with E-state index in [9.17, 15) is 4.79 Å². The first-order chi connectivity index (χ1) is 16.0. The summed E-state index contributed by atoms with van der Waals surface area (Å²) >= 11 is 6.41. The van der Waals surface area contributed by atoms with Crippen LogP contribution in [-0.4, -0.2) is 26.9 Å². The molecule has 0 bridgehead atoms. The summed E-state index contributed by atoms with van der Waals surface area (Å²) in [5, 5.41) is 7.88. The Balaban J connectivity index is 1.50. The Kier molecular flexibility index (Phi) is 6.01. The molecule has 0 radical (unpaired) electrons. The lowest BCUT2D eigenvalue weighted by atomic mass is 9.95. The SMILES string of the molecule is CC(=O)Nc1cccc(-c2cnc3[nH]cc(-c4cc(Cl)nc(NC5CCCCC5)c4)c3c2)c1. The number of carbonyl (C=O) groups is 1. The number of anilines is 2. The first-order valence-corrected chi connectivity index (χ1v) is 11.7. The van der Waals surface area contributed by atoms with E-state index < -0.39 is 0 Å². The van der Waals surface area contributed by atoms with E-state index in [1.54, 1.807) is 0 Å². The molecule has 33 heavy (non-hydrogen) atoms. The number of aromatic nitrogens is 3. The molecule has 1 amide bonds. The predicted octanol–water partition coefficient (Wildman–Crippen LogP) is 6.65. The molecule has 4 aromatic rings. The number of hydrogen-bond acceptors (Lipinski definition) is 4. The van der Waals surface area contributed by atoms with Gasteiger partial charge in [0.05, 0.1) is 0 Å². The van der Waals surface area contributed by atoms with Gasteiger partial charge in [0.25, 0.3) is 0 Å². The van der Waals surface area contributed by atoms with Gasteiger partial charge in [0.2, 0.25) is 5.91 Å². The summed E-state index contributed by atoms with van der Waals surface area (Å²) in [6, 6.07) is 14.3. The van der Waals surface area contributed by atoms with Crippen LogP contribution in [0.3, 0.4) is 0 Å². The van der Waals surface area contributed by atoms with E-state index >= 15 is 0 Å². The molecule has 0 saturated heterocycles. The third kappa shape index (κ3) is 4.86. The molecule has 1 saturated carbocycles. The average Bonchev–Trinajstić information content (AvgIpc) is 3.22. The van der Waals surface area contributed by atoms with Gasteiger partial charge >= 0.3 is 0 Å². The Bertz CT molecular complexity index is 1310. The molecule has 5 rings (SSSR count). The van der Waals surface area contributed by atoms with Crippen molar-refractivity contribution in [2.45, 2.75) is 45.1 Å². The topological polar surface area (TPSA) is 82.7 Å². The molecule has 3 heterocycles. The predicted molar refractivity (Wildman–Crippen MR) is 135 cm³/mol. The standard InChI is InChI=1S/C26H26ClN5O/c1-16(33)30-21-9-5-6-17(10-21)19-11-22-23(15-29-26(22)28-14-19)18-12-24(27)32-25(13-18)31-20-7-3-2-4-8-20/h5-6,9-15,20H,2-4,7-8H2,1H3,(H,28,29)(H,30,33)(H,31,32). The maximum atomic E-state index is 11.4. The number of halogens is 1. The summed E-state index contributed by atoms with van der Waals surface area (Å²) in [6.45, 7) is 1.50. The lowest BCUT2D eigenvalue weighted by Crippen LogP contribution is -2.22. The third-order valence-corrected chi connectivity index (χ3v) is 6.30. The van der Waals surface area contributed by atoms with Crippen LogP contribution in [0.4, 0.5) is 11.5 Å². The summed E-state index contributed by atoms with van der Waals surface area (Å²) < 4.78 is 0. The van der Waals surface area contributed by atoms with E-state index in [0.717, 1.165) is 44.8 Å². The lowest BCUT2D eigenvalue weighted by Gasteiger charge is -2.23. The Morgan fingerprint density at radius 2 is 1.91 bits per heavy atom. The van der Waals surface area contributed by atoms with Crippen LogP contribution in [0.15, 0.2) is 54.9 Å². The summed E-state index contributed by atoms with van der Waals surface area (Å²) in [6.07, 6.45) is 9.96. The van der Waals surface area contributed by atoms with Crippen LogP contribution in [0.2, 0.25) is 5.15 Å². The summed E-state index contributed by atoms with van der Waals surface area (Å²) in [5.74, 6) is 0.715. The molecular weight excluding hydrogens is 434 g/mol. The molecule has 1 aliphatic rings. The van der Waals surface area contributed by atoms with E-state index in [0.29, 0.717) is 11.2 Å².